The first-order valence-corrected chi connectivity index (χ1v) is 10.6. The van der Waals surface area contributed by atoms with Crippen molar-refractivity contribution in [3.8, 4) is 0 Å². The van der Waals surface area contributed by atoms with Gasteiger partial charge < -0.3 is 27.2 Å². The molecule has 0 aromatic carbocycles. The van der Waals surface area contributed by atoms with E-state index in [1.807, 2.05) is 27.7 Å². The van der Waals surface area contributed by atoms with E-state index >= 15 is 0 Å². The summed E-state index contributed by atoms with van der Waals surface area (Å²) in [5.41, 5.74) is 0.0118. The van der Waals surface area contributed by atoms with Gasteiger partial charge in [0.15, 0.2) is 0 Å². The van der Waals surface area contributed by atoms with Gasteiger partial charge in [-0.15, -0.1) is 0 Å². The molecule has 1 aliphatic carbocycles. The predicted octanol–water partition coefficient (Wildman–Crippen LogP) is 2.89. The molecule has 1 heterocycles. The standard InChI is InChI=1S/C17H32O6Si/c1-5-9-15-10-17(12-18-14-19-13-17)11-16(15)23-24(20-6-2,21-7-3)22-8-4/h5,9,15-16H,6-8,10-14H2,1-4H3/b9-5+/t15-,16+/m1/s1. The van der Waals surface area contributed by atoms with Crippen LogP contribution in [0.15, 0.2) is 12.2 Å². The van der Waals surface area contributed by atoms with Crippen LogP contribution >= 0.6 is 0 Å². The summed E-state index contributed by atoms with van der Waals surface area (Å²) in [6.07, 6.45) is 6.12. The summed E-state index contributed by atoms with van der Waals surface area (Å²) >= 11 is 0. The molecule has 0 aromatic heterocycles. The van der Waals surface area contributed by atoms with E-state index in [0.29, 0.717) is 39.8 Å². The number of allylic oxidation sites excluding steroid dienone is 1. The van der Waals surface area contributed by atoms with Gasteiger partial charge in [0.25, 0.3) is 0 Å². The Bertz CT molecular complexity index is 380. The highest BCUT2D eigenvalue weighted by Gasteiger charge is 2.53. The topological polar surface area (TPSA) is 55.4 Å². The summed E-state index contributed by atoms with van der Waals surface area (Å²) in [4.78, 5) is 0. The van der Waals surface area contributed by atoms with Gasteiger partial charge in [0, 0.05) is 31.2 Å². The molecule has 0 amide bonds. The highest BCUT2D eigenvalue weighted by Crippen LogP contribution is 2.46. The fourth-order valence-corrected chi connectivity index (χ4v) is 5.80. The van der Waals surface area contributed by atoms with Gasteiger partial charge in [-0.25, -0.2) is 0 Å². The summed E-state index contributed by atoms with van der Waals surface area (Å²) < 4.78 is 35.1. The summed E-state index contributed by atoms with van der Waals surface area (Å²) in [5, 5.41) is 0. The minimum Gasteiger partial charge on any atom is -0.355 e. The van der Waals surface area contributed by atoms with Crippen LogP contribution in [0.5, 0.6) is 0 Å². The Morgan fingerprint density at radius 3 is 2.08 bits per heavy atom. The molecule has 0 unspecified atom stereocenters. The normalized spacial score (nSPS) is 27.3. The van der Waals surface area contributed by atoms with Crippen LogP contribution in [0.1, 0.15) is 40.5 Å². The second-order valence-electron chi connectivity index (χ2n) is 6.37. The fourth-order valence-electron chi connectivity index (χ4n) is 3.66. The molecule has 1 spiro atoms. The van der Waals surface area contributed by atoms with Crippen LogP contribution in [0.3, 0.4) is 0 Å². The number of hydrogen-bond acceptors (Lipinski definition) is 6. The zero-order valence-corrected chi connectivity index (χ0v) is 16.4. The lowest BCUT2D eigenvalue weighted by Crippen LogP contribution is -2.52. The van der Waals surface area contributed by atoms with E-state index in [4.69, 9.17) is 27.2 Å². The van der Waals surface area contributed by atoms with Crippen LogP contribution < -0.4 is 0 Å². The SMILES string of the molecule is C/C=C/[C@@H]1CC2(COCOC2)C[C@@H]1O[Si](OCC)(OCC)OCC. The van der Waals surface area contributed by atoms with Crippen molar-refractivity contribution >= 4 is 9.05 Å². The lowest BCUT2D eigenvalue weighted by molar-refractivity contribution is -0.165. The predicted molar refractivity (Wildman–Crippen MR) is 92.2 cm³/mol. The van der Waals surface area contributed by atoms with Gasteiger partial charge in [0.2, 0.25) is 0 Å². The maximum absolute atomic E-state index is 6.42. The van der Waals surface area contributed by atoms with Crippen molar-refractivity contribution in [2.24, 2.45) is 11.3 Å². The monoisotopic (exact) mass is 360 g/mol. The average Bonchev–Trinajstić information content (AvgIpc) is 2.86. The molecular formula is C17H32O6Si. The van der Waals surface area contributed by atoms with Crippen molar-refractivity contribution in [2.75, 3.05) is 39.8 Å². The van der Waals surface area contributed by atoms with E-state index in [1.54, 1.807) is 0 Å². The van der Waals surface area contributed by atoms with Gasteiger partial charge >= 0.3 is 9.05 Å². The molecule has 140 valence electrons. The first kappa shape index (κ1) is 20.0. The Kier molecular flexibility index (Phi) is 7.87. The zero-order valence-electron chi connectivity index (χ0n) is 15.4. The largest absolute Gasteiger partial charge is 0.679 e. The fraction of sp³-hybridized carbons (Fsp3) is 0.882. The maximum atomic E-state index is 6.42. The molecule has 0 N–H and O–H groups in total. The Labute approximate surface area is 146 Å². The summed E-state index contributed by atoms with van der Waals surface area (Å²) in [6, 6.07) is 0. The molecule has 2 atom stereocenters. The van der Waals surface area contributed by atoms with Crippen molar-refractivity contribution in [1.82, 2.24) is 0 Å². The van der Waals surface area contributed by atoms with Gasteiger partial charge in [0.05, 0.1) is 19.3 Å². The molecule has 0 bridgehead atoms. The Hall–Kier alpha value is -0.283. The molecule has 24 heavy (non-hydrogen) atoms. The number of ether oxygens (including phenoxy) is 2. The lowest BCUT2D eigenvalue weighted by Gasteiger charge is -2.34. The lowest BCUT2D eigenvalue weighted by atomic mass is 9.86. The van der Waals surface area contributed by atoms with Gasteiger partial charge in [-0.2, -0.15) is 0 Å². The smallest absolute Gasteiger partial charge is 0.355 e. The highest BCUT2D eigenvalue weighted by molar-refractivity contribution is 6.53. The second-order valence-corrected chi connectivity index (χ2v) is 8.47. The molecule has 1 saturated carbocycles. The quantitative estimate of drug-likeness (QED) is 0.465. The van der Waals surface area contributed by atoms with Crippen LogP contribution in [0.2, 0.25) is 0 Å². The Balaban J connectivity index is 2.15. The Morgan fingerprint density at radius 2 is 1.58 bits per heavy atom. The molecule has 2 rings (SSSR count). The summed E-state index contributed by atoms with van der Waals surface area (Å²) in [7, 11) is -3.13. The van der Waals surface area contributed by atoms with Crippen molar-refractivity contribution in [3.05, 3.63) is 12.2 Å². The summed E-state index contributed by atoms with van der Waals surface area (Å²) in [6.45, 7) is 11.2. The molecule has 2 fully saturated rings. The third kappa shape index (κ3) is 4.88. The van der Waals surface area contributed by atoms with Gasteiger partial charge in [0.1, 0.15) is 6.79 Å². The highest BCUT2D eigenvalue weighted by atomic mass is 28.4. The van der Waals surface area contributed by atoms with E-state index in [-0.39, 0.29) is 17.4 Å². The van der Waals surface area contributed by atoms with Crippen LogP contribution in [-0.4, -0.2) is 55.0 Å². The summed E-state index contributed by atoms with van der Waals surface area (Å²) in [5.74, 6) is 0.286. The average molecular weight is 361 g/mol. The molecular weight excluding hydrogens is 328 g/mol. The zero-order chi connectivity index (χ0) is 17.5. The minimum atomic E-state index is -3.13. The van der Waals surface area contributed by atoms with Crippen LogP contribution in [0.4, 0.5) is 0 Å². The van der Waals surface area contributed by atoms with Gasteiger partial charge in [-0.3, -0.25) is 0 Å². The van der Waals surface area contributed by atoms with Crippen molar-refractivity contribution in [2.45, 2.75) is 46.6 Å². The van der Waals surface area contributed by atoms with Crippen molar-refractivity contribution in [1.29, 1.82) is 0 Å². The van der Waals surface area contributed by atoms with Crippen LogP contribution in [0.25, 0.3) is 0 Å². The molecule has 0 aromatic rings. The van der Waals surface area contributed by atoms with E-state index in [1.165, 1.54) is 0 Å². The van der Waals surface area contributed by atoms with Gasteiger partial charge in [-0.05, 0) is 40.5 Å². The van der Waals surface area contributed by atoms with Crippen molar-refractivity contribution < 1.29 is 27.2 Å². The third-order valence-corrected chi connectivity index (χ3v) is 6.98. The first-order valence-electron chi connectivity index (χ1n) is 9.00. The molecule has 2 aliphatic rings. The molecule has 7 heteroatoms. The van der Waals surface area contributed by atoms with Crippen LogP contribution in [-0.2, 0) is 27.2 Å². The van der Waals surface area contributed by atoms with Crippen molar-refractivity contribution in [3.63, 3.8) is 0 Å². The van der Waals surface area contributed by atoms with Crippen LogP contribution in [0, 0.1) is 11.3 Å². The molecule has 1 aliphatic heterocycles. The minimum absolute atomic E-state index is 0.0113. The van der Waals surface area contributed by atoms with E-state index in [0.717, 1.165) is 12.8 Å². The van der Waals surface area contributed by atoms with E-state index in [9.17, 15) is 0 Å². The molecule has 6 nitrogen and oxygen atoms in total. The van der Waals surface area contributed by atoms with Gasteiger partial charge in [-0.1, -0.05) is 12.2 Å². The number of rotatable bonds is 9. The van der Waals surface area contributed by atoms with E-state index in [2.05, 4.69) is 12.2 Å². The maximum Gasteiger partial charge on any atom is 0.679 e. The number of hydrogen-bond donors (Lipinski definition) is 0. The Morgan fingerprint density at radius 1 is 1.00 bits per heavy atom. The van der Waals surface area contributed by atoms with E-state index < -0.39 is 9.05 Å². The third-order valence-electron chi connectivity index (χ3n) is 4.46. The second kappa shape index (κ2) is 9.42. The first-order chi connectivity index (χ1) is 11.6. The molecule has 0 radical (unpaired) electrons. The molecule has 1 saturated heterocycles.